The third-order valence-electron chi connectivity index (χ3n) is 4.10. The largest absolute Gasteiger partial charge is 0.418 e. The number of nitrogens with one attached hydrogen (secondary N) is 1. The van der Waals surface area contributed by atoms with Crippen LogP contribution in [0.15, 0.2) is 59.4 Å². The van der Waals surface area contributed by atoms with E-state index in [1.54, 1.807) is 0 Å². The summed E-state index contributed by atoms with van der Waals surface area (Å²) in [6, 6.07) is 10.4. The number of rotatable bonds is 4. The highest BCUT2D eigenvalue weighted by Crippen LogP contribution is 2.33. The van der Waals surface area contributed by atoms with Crippen molar-refractivity contribution in [1.29, 1.82) is 0 Å². The zero-order valence-corrected chi connectivity index (χ0v) is 15.3. The van der Waals surface area contributed by atoms with Crippen LogP contribution in [0.4, 0.5) is 24.5 Å². The standard InChI is InChI=1S/C19H13F3N4O4/c1-11-10-16(27)17(18(28)23-12-6-8-13(9-7-12)26(29)30)24-25(11)15-5-3-2-4-14(15)19(20,21)22/h2-10H,1H3,(H,23,28). The maximum atomic E-state index is 13.4. The molecule has 3 rings (SSSR count). The maximum absolute atomic E-state index is 13.4. The Labute approximate surface area is 166 Å². The van der Waals surface area contributed by atoms with Crippen LogP contribution in [-0.4, -0.2) is 20.6 Å². The van der Waals surface area contributed by atoms with Crippen molar-refractivity contribution in [2.24, 2.45) is 0 Å². The summed E-state index contributed by atoms with van der Waals surface area (Å²) in [6.07, 6.45) is -4.67. The van der Waals surface area contributed by atoms with Crippen LogP contribution in [-0.2, 0) is 6.18 Å². The Balaban J connectivity index is 2.01. The number of nitro benzene ring substituents is 1. The van der Waals surface area contributed by atoms with E-state index in [2.05, 4.69) is 10.4 Å². The van der Waals surface area contributed by atoms with Crippen molar-refractivity contribution < 1.29 is 22.9 Å². The number of amides is 1. The van der Waals surface area contributed by atoms with Crippen molar-refractivity contribution >= 4 is 17.3 Å². The number of alkyl halides is 3. The molecule has 30 heavy (non-hydrogen) atoms. The molecule has 0 saturated heterocycles. The molecule has 0 atom stereocenters. The van der Waals surface area contributed by atoms with Crippen molar-refractivity contribution in [3.8, 4) is 5.69 Å². The first kappa shape index (κ1) is 20.7. The molecule has 0 fully saturated rings. The van der Waals surface area contributed by atoms with Gasteiger partial charge in [0.15, 0.2) is 5.69 Å². The number of non-ortho nitro benzene ring substituents is 1. The molecule has 1 heterocycles. The number of hydrogen-bond donors (Lipinski definition) is 1. The number of nitrogens with zero attached hydrogens (tertiary/aromatic N) is 3. The molecule has 3 aromatic rings. The fourth-order valence-electron chi connectivity index (χ4n) is 2.70. The van der Waals surface area contributed by atoms with E-state index in [0.717, 1.165) is 28.9 Å². The molecular formula is C19H13F3N4O4. The van der Waals surface area contributed by atoms with Crippen LogP contribution in [0.5, 0.6) is 0 Å². The Hall–Kier alpha value is -4.02. The van der Waals surface area contributed by atoms with Gasteiger partial charge in [0.2, 0.25) is 5.43 Å². The number of nitro groups is 1. The van der Waals surface area contributed by atoms with Gasteiger partial charge in [0.25, 0.3) is 11.6 Å². The predicted octanol–water partition coefficient (Wildman–Crippen LogP) is 3.72. The van der Waals surface area contributed by atoms with E-state index in [4.69, 9.17) is 0 Å². The normalized spacial score (nSPS) is 11.2. The molecule has 0 spiro atoms. The van der Waals surface area contributed by atoms with E-state index >= 15 is 0 Å². The maximum Gasteiger partial charge on any atom is 0.418 e. The number of carbonyl (C=O) groups is 1. The molecule has 0 aliphatic heterocycles. The minimum Gasteiger partial charge on any atom is -0.320 e. The van der Waals surface area contributed by atoms with Gasteiger partial charge in [-0.05, 0) is 31.2 Å². The summed E-state index contributed by atoms with van der Waals surface area (Å²) < 4.78 is 40.9. The summed E-state index contributed by atoms with van der Waals surface area (Å²) in [7, 11) is 0. The smallest absolute Gasteiger partial charge is 0.320 e. The summed E-state index contributed by atoms with van der Waals surface area (Å²) in [5, 5.41) is 16.9. The number of carbonyl (C=O) groups excluding carboxylic acids is 1. The van der Waals surface area contributed by atoms with Crippen LogP contribution in [0.1, 0.15) is 21.7 Å². The van der Waals surface area contributed by atoms with E-state index in [0.29, 0.717) is 0 Å². The van der Waals surface area contributed by atoms with Crippen molar-refractivity contribution in [3.05, 3.63) is 91.9 Å². The summed E-state index contributed by atoms with van der Waals surface area (Å²) in [5.41, 5.74) is -2.69. The van der Waals surface area contributed by atoms with Gasteiger partial charge in [-0.3, -0.25) is 19.7 Å². The van der Waals surface area contributed by atoms with Crippen LogP contribution in [0, 0.1) is 17.0 Å². The number of halogens is 3. The van der Waals surface area contributed by atoms with E-state index in [9.17, 15) is 32.9 Å². The Bertz CT molecular complexity index is 1190. The van der Waals surface area contributed by atoms with Crippen molar-refractivity contribution in [2.75, 3.05) is 5.32 Å². The van der Waals surface area contributed by atoms with Crippen molar-refractivity contribution in [2.45, 2.75) is 13.1 Å². The van der Waals surface area contributed by atoms with E-state index in [-0.39, 0.29) is 22.8 Å². The van der Waals surface area contributed by atoms with Crippen LogP contribution >= 0.6 is 0 Å². The number of hydrogen-bond acceptors (Lipinski definition) is 5. The molecule has 11 heteroatoms. The summed E-state index contributed by atoms with van der Waals surface area (Å²) in [4.78, 5) is 34.8. The molecular weight excluding hydrogens is 405 g/mol. The fourth-order valence-corrected chi connectivity index (χ4v) is 2.70. The first-order chi connectivity index (χ1) is 14.1. The molecule has 8 nitrogen and oxygen atoms in total. The van der Waals surface area contributed by atoms with E-state index in [1.807, 2.05) is 0 Å². The Morgan fingerprint density at radius 1 is 1.13 bits per heavy atom. The van der Waals surface area contributed by atoms with Gasteiger partial charge in [0, 0.05) is 29.6 Å². The number of benzene rings is 2. The quantitative estimate of drug-likeness (QED) is 0.513. The molecule has 0 unspecified atom stereocenters. The lowest BCUT2D eigenvalue weighted by molar-refractivity contribution is -0.384. The van der Waals surface area contributed by atoms with Gasteiger partial charge in [0.1, 0.15) is 0 Å². The first-order valence-electron chi connectivity index (χ1n) is 8.41. The highest BCUT2D eigenvalue weighted by atomic mass is 19.4. The van der Waals surface area contributed by atoms with Gasteiger partial charge >= 0.3 is 6.18 Å². The summed E-state index contributed by atoms with van der Waals surface area (Å²) in [5.74, 6) is -0.966. The molecule has 0 radical (unpaired) electrons. The zero-order chi connectivity index (χ0) is 22.1. The Morgan fingerprint density at radius 2 is 1.77 bits per heavy atom. The van der Waals surface area contributed by atoms with Gasteiger partial charge < -0.3 is 5.32 Å². The lowest BCUT2D eigenvalue weighted by Crippen LogP contribution is -2.27. The minimum absolute atomic E-state index is 0.101. The molecule has 1 amide bonds. The van der Waals surface area contributed by atoms with Crippen molar-refractivity contribution in [1.82, 2.24) is 9.78 Å². The third kappa shape index (κ3) is 4.19. The second-order valence-electron chi connectivity index (χ2n) is 6.18. The number of aromatic nitrogens is 2. The predicted molar refractivity (Wildman–Crippen MR) is 101 cm³/mol. The summed E-state index contributed by atoms with van der Waals surface area (Å²) >= 11 is 0. The van der Waals surface area contributed by atoms with Crippen LogP contribution in [0.25, 0.3) is 5.69 Å². The Kier molecular flexibility index (Phi) is 5.37. The third-order valence-corrected chi connectivity index (χ3v) is 4.10. The average Bonchev–Trinajstić information content (AvgIpc) is 2.67. The fraction of sp³-hybridized carbons (Fsp3) is 0.105. The van der Waals surface area contributed by atoms with Crippen LogP contribution in [0.3, 0.4) is 0 Å². The second-order valence-corrected chi connectivity index (χ2v) is 6.18. The first-order valence-corrected chi connectivity index (χ1v) is 8.41. The van der Waals surface area contributed by atoms with Gasteiger partial charge in [-0.1, -0.05) is 12.1 Å². The highest BCUT2D eigenvalue weighted by molar-refractivity contribution is 6.02. The minimum atomic E-state index is -4.67. The number of aryl methyl sites for hydroxylation is 1. The van der Waals surface area contributed by atoms with Gasteiger partial charge in [-0.15, -0.1) is 0 Å². The van der Waals surface area contributed by atoms with Gasteiger partial charge in [0.05, 0.1) is 16.2 Å². The molecule has 0 bridgehead atoms. The van der Waals surface area contributed by atoms with Gasteiger partial charge in [-0.25, -0.2) is 4.68 Å². The molecule has 0 aliphatic carbocycles. The van der Waals surface area contributed by atoms with E-state index < -0.39 is 33.7 Å². The lowest BCUT2D eigenvalue weighted by atomic mass is 10.1. The van der Waals surface area contributed by atoms with E-state index in [1.165, 1.54) is 37.3 Å². The van der Waals surface area contributed by atoms with Crippen LogP contribution < -0.4 is 10.7 Å². The molecule has 0 saturated carbocycles. The lowest BCUT2D eigenvalue weighted by Gasteiger charge is -2.16. The van der Waals surface area contributed by atoms with Crippen molar-refractivity contribution in [3.63, 3.8) is 0 Å². The summed E-state index contributed by atoms with van der Waals surface area (Å²) in [6.45, 7) is 1.39. The molecule has 1 N–H and O–H groups in total. The molecule has 2 aromatic carbocycles. The average molecular weight is 418 g/mol. The second kappa shape index (κ2) is 7.78. The molecule has 154 valence electrons. The monoisotopic (exact) mass is 418 g/mol. The topological polar surface area (TPSA) is 107 Å². The highest BCUT2D eigenvalue weighted by Gasteiger charge is 2.34. The number of para-hydroxylation sites is 1. The zero-order valence-electron chi connectivity index (χ0n) is 15.3. The SMILES string of the molecule is Cc1cc(=O)c(C(=O)Nc2ccc([N+](=O)[O-])cc2)nn1-c1ccccc1C(F)(F)F. The van der Waals surface area contributed by atoms with Crippen LogP contribution in [0.2, 0.25) is 0 Å². The van der Waals surface area contributed by atoms with Gasteiger partial charge in [-0.2, -0.15) is 18.3 Å². The molecule has 1 aromatic heterocycles. The Morgan fingerprint density at radius 3 is 2.37 bits per heavy atom. The molecule has 0 aliphatic rings. The number of anilines is 1.